The molecular weight excluding hydrogens is 264 g/mol. The Hall–Kier alpha value is -2.04. The van der Waals surface area contributed by atoms with Gasteiger partial charge in [-0.3, -0.25) is 0 Å². The molecule has 1 fully saturated rings. The van der Waals surface area contributed by atoms with E-state index in [-0.39, 0.29) is 0 Å². The number of aromatic nitrogens is 3. The Kier molecular flexibility index (Phi) is 4.38. The molecule has 1 aliphatic rings. The minimum atomic E-state index is 0.411. The van der Waals surface area contributed by atoms with Crippen molar-refractivity contribution in [1.82, 2.24) is 15.4 Å². The highest BCUT2D eigenvalue weighted by molar-refractivity contribution is 5.70. The van der Waals surface area contributed by atoms with Crippen LogP contribution in [0.4, 0.5) is 5.82 Å². The predicted octanol–water partition coefficient (Wildman–Crippen LogP) is 3.40. The van der Waals surface area contributed by atoms with Crippen LogP contribution in [0.3, 0.4) is 0 Å². The average Bonchev–Trinajstić information content (AvgIpc) is 2.95. The Labute approximate surface area is 124 Å². The van der Waals surface area contributed by atoms with Gasteiger partial charge in [0, 0.05) is 5.56 Å². The zero-order valence-corrected chi connectivity index (χ0v) is 12.2. The largest absolute Gasteiger partial charge is 0.494 e. The summed E-state index contributed by atoms with van der Waals surface area (Å²) in [6, 6.07) is 7.86. The molecule has 0 bridgehead atoms. The van der Waals surface area contributed by atoms with Crippen LogP contribution in [-0.4, -0.2) is 22.0 Å². The fraction of sp³-hybridized carbons (Fsp3) is 0.500. The van der Waals surface area contributed by atoms with Crippen molar-refractivity contribution in [3.05, 3.63) is 24.3 Å². The van der Waals surface area contributed by atoms with Gasteiger partial charge in [-0.1, -0.05) is 44.2 Å². The fourth-order valence-electron chi connectivity index (χ4n) is 3.00. The molecule has 21 heavy (non-hydrogen) atoms. The van der Waals surface area contributed by atoms with Gasteiger partial charge in [0.25, 0.3) is 0 Å². The molecular formula is C16H22N4O. The van der Waals surface area contributed by atoms with Crippen LogP contribution in [0.15, 0.2) is 24.3 Å². The number of nitrogens with zero attached hydrogens (tertiary/aromatic N) is 2. The van der Waals surface area contributed by atoms with Gasteiger partial charge in [-0.15, -0.1) is 5.10 Å². The van der Waals surface area contributed by atoms with Gasteiger partial charge >= 0.3 is 0 Å². The highest BCUT2D eigenvalue weighted by atomic mass is 16.5. The number of nitrogens with two attached hydrogens (primary N) is 1. The number of H-pyrrole nitrogens is 1. The summed E-state index contributed by atoms with van der Waals surface area (Å²) in [4.78, 5) is 0. The number of anilines is 1. The van der Waals surface area contributed by atoms with Crippen LogP contribution in [-0.2, 0) is 0 Å². The van der Waals surface area contributed by atoms with Gasteiger partial charge in [0.05, 0.1) is 6.61 Å². The molecule has 1 aromatic heterocycles. The summed E-state index contributed by atoms with van der Waals surface area (Å²) in [5.41, 5.74) is 7.38. The maximum Gasteiger partial charge on any atom is 0.173 e. The number of hydrogen-bond acceptors (Lipinski definition) is 4. The number of rotatable bonds is 5. The van der Waals surface area contributed by atoms with E-state index in [1.165, 1.54) is 32.1 Å². The van der Waals surface area contributed by atoms with Crippen LogP contribution < -0.4 is 10.5 Å². The first-order valence-corrected chi connectivity index (χ1v) is 7.72. The van der Waals surface area contributed by atoms with E-state index >= 15 is 0 Å². The van der Waals surface area contributed by atoms with Gasteiger partial charge in [-0.25, -0.2) is 0 Å². The van der Waals surface area contributed by atoms with Crippen molar-refractivity contribution in [3.63, 3.8) is 0 Å². The zero-order valence-electron chi connectivity index (χ0n) is 12.2. The number of nitrogen functional groups attached to an aromatic ring is 1. The molecule has 1 saturated carbocycles. The lowest BCUT2D eigenvalue weighted by Gasteiger charge is -2.21. The van der Waals surface area contributed by atoms with E-state index in [1.54, 1.807) is 0 Å². The molecule has 3 rings (SSSR count). The number of aromatic amines is 1. The van der Waals surface area contributed by atoms with E-state index in [2.05, 4.69) is 15.4 Å². The van der Waals surface area contributed by atoms with Crippen LogP contribution in [0.5, 0.6) is 5.75 Å². The second-order valence-electron chi connectivity index (χ2n) is 5.73. The monoisotopic (exact) mass is 286 g/mol. The molecule has 1 aliphatic carbocycles. The molecule has 0 amide bonds. The van der Waals surface area contributed by atoms with Crippen LogP contribution in [0, 0.1) is 5.92 Å². The molecule has 1 aromatic carbocycles. The van der Waals surface area contributed by atoms with E-state index in [4.69, 9.17) is 10.5 Å². The lowest BCUT2D eigenvalue weighted by atomic mass is 9.87. The summed E-state index contributed by atoms with van der Waals surface area (Å²) in [6.07, 6.45) is 8.03. The molecule has 112 valence electrons. The molecule has 0 saturated heterocycles. The van der Waals surface area contributed by atoms with Gasteiger partial charge < -0.3 is 10.5 Å². The standard InChI is InChI=1S/C16H22N4O/c17-16-15(18-20-19-16)13-7-4-8-14(11-13)21-10-9-12-5-2-1-3-6-12/h4,7-8,11-12H,1-3,5-6,9-10H2,(H3,17,18,19,20). The molecule has 0 unspecified atom stereocenters. The summed E-state index contributed by atoms with van der Waals surface area (Å²) in [5.74, 6) is 2.12. The highest BCUT2D eigenvalue weighted by Crippen LogP contribution is 2.28. The van der Waals surface area contributed by atoms with Crippen molar-refractivity contribution >= 4 is 5.82 Å². The van der Waals surface area contributed by atoms with E-state index in [0.29, 0.717) is 11.5 Å². The quantitative estimate of drug-likeness (QED) is 0.883. The van der Waals surface area contributed by atoms with Crippen LogP contribution in [0.1, 0.15) is 38.5 Å². The topological polar surface area (TPSA) is 76.8 Å². The van der Waals surface area contributed by atoms with Crippen molar-refractivity contribution in [2.45, 2.75) is 38.5 Å². The van der Waals surface area contributed by atoms with Crippen molar-refractivity contribution in [3.8, 4) is 17.0 Å². The first-order valence-electron chi connectivity index (χ1n) is 7.72. The van der Waals surface area contributed by atoms with Crippen molar-refractivity contribution in [2.24, 2.45) is 5.92 Å². The Morgan fingerprint density at radius 2 is 2.05 bits per heavy atom. The van der Waals surface area contributed by atoms with Gasteiger partial charge in [-0.05, 0) is 24.5 Å². The summed E-state index contributed by atoms with van der Waals surface area (Å²) in [5, 5.41) is 10.4. The second-order valence-corrected chi connectivity index (χ2v) is 5.73. The third kappa shape index (κ3) is 3.54. The first-order chi connectivity index (χ1) is 10.3. The lowest BCUT2D eigenvalue weighted by Crippen LogP contribution is -2.10. The smallest absolute Gasteiger partial charge is 0.173 e. The minimum Gasteiger partial charge on any atom is -0.494 e. The summed E-state index contributed by atoms with van der Waals surface area (Å²) < 4.78 is 5.89. The van der Waals surface area contributed by atoms with Crippen LogP contribution >= 0.6 is 0 Å². The van der Waals surface area contributed by atoms with Gasteiger partial charge in [0.15, 0.2) is 5.82 Å². The number of benzene rings is 1. The normalized spacial score (nSPS) is 16.0. The predicted molar refractivity (Wildman–Crippen MR) is 82.9 cm³/mol. The van der Waals surface area contributed by atoms with Crippen molar-refractivity contribution < 1.29 is 4.74 Å². The van der Waals surface area contributed by atoms with Gasteiger partial charge in [0.2, 0.25) is 0 Å². The number of ether oxygens (including phenoxy) is 1. The Balaban J connectivity index is 1.57. The molecule has 0 radical (unpaired) electrons. The summed E-state index contributed by atoms with van der Waals surface area (Å²) in [7, 11) is 0. The molecule has 5 nitrogen and oxygen atoms in total. The highest BCUT2D eigenvalue weighted by Gasteiger charge is 2.13. The van der Waals surface area contributed by atoms with Crippen LogP contribution in [0.25, 0.3) is 11.3 Å². The van der Waals surface area contributed by atoms with E-state index in [0.717, 1.165) is 30.3 Å². The Bertz CT molecular complexity index is 575. The van der Waals surface area contributed by atoms with E-state index in [9.17, 15) is 0 Å². The zero-order chi connectivity index (χ0) is 14.5. The summed E-state index contributed by atoms with van der Waals surface area (Å²) >= 11 is 0. The molecule has 2 aromatic rings. The Morgan fingerprint density at radius 3 is 2.81 bits per heavy atom. The van der Waals surface area contributed by atoms with Gasteiger partial charge in [0.1, 0.15) is 11.4 Å². The number of nitrogens with one attached hydrogen (secondary N) is 1. The van der Waals surface area contributed by atoms with Crippen LogP contribution in [0.2, 0.25) is 0 Å². The second kappa shape index (κ2) is 6.61. The summed E-state index contributed by atoms with van der Waals surface area (Å²) in [6.45, 7) is 0.780. The molecule has 0 aliphatic heterocycles. The van der Waals surface area contributed by atoms with E-state index in [1.807, 2.05) is 24.3 Å². The SMILES string of the molecule is Nc1n[nH]nc1-c1cccc(OCCC2CCCCC2)c1. The average molecular weight is 286 g/mol. The molecule has 3 N–H and O–H groups in total. The third-order valence-corrected chi connectivity index (χ3v) is 4.20. The fourth-order valence-corrected chi connectivity index (χ4v) is 3.00. The lowest BCUT2D eigenvalue weighted by molar-refractivity contribution is 0.246. The molecule has 0 spiro atoms. The van der Waals surface area contributed by atoms with Gasteiger partial charge in [-0.2, -0.15) is 10.3 Å². The molecule has 0 atom stereocenters. The molecule has 5 heteroatoms. The maximum absolute atomic E-state index is 5.89. The third-order valence-electron chi connectivity index (χ3n) is 4.20. The first kappa shape index (κ1) is 13.9. The number of hydrogen-bond donors (Lipinski definition) is 2. The van der Waals surface area contributed by atoms with Crippen molar-refractivity contribution in [1.29, 1.82) is 0 Å². The van der Waals surface area contributed by atoms with E-state index < -0.39 is 0 Å². The Morgan fingerprint density at radius 1 is 1.19 bits per heavy atom. The maximum atomic E-state index is 5.89. The molecule has 1 heterocycles. The minimum absolute atomic E-state index is 0.411. The van der Waals surface area contributed by atoms with Crippen molar-refractivity contribution in [2.75, 3.05) is 12.3 Å².